The summed E-state index contributed by atoms with van der Waals surface area (Å²) in [4.78, 5) is 13.7. The van der Waals surface area contributed by atoms with Crippen molar-refractivity contribution in [2.75, 3.05) is 53.5 Å². The van der Waals surface area contributed by atoms with E-state index >= 15 is 0 Å². The molecular formula is C13H27N3O2. The number of likely N-dealkylation sites (N-methyl/N-ethyl adjacent to an activating group) is 1. The molecule has 1 saturated heterocycles. The number of hydrogen-bond acceptors (Lipinski definition) is 4. The van der Waals surface area contributed by atoms with Gasteiger partial charge in [-0.2, -0.15) is 0 Å². The van der Waals surface area contributed by atoms with Gasteiger partial charge in [0, 0.05) is 19.5 Å². The minimum absolute atomic E-state index is 0.153. The van der Waals surface area contributed by atoms with Gasteiger partial charge < -0.3 is 20.3 Å². The molecule has 1 rings (SSSR count). The molecule has 0 aromatic rings. The highest BCUT2D eigenvalue weighted by Crippen LogP contribution is 2.13. The monoisotopic (exact) mass is 257 g/mol. The largest absolute Gasteiger partial charge is 0.378 e. The average Bonchev–Trinajstić information content (AvgIpc) is 2.34. The summed E-state index contributed by atoms with van der Waals surface area (Å²) in [5.74, 6) is 0.660. The number of piperidine rings is 1. The first-order valence-electron chi connectivity index (χ1n) is 6.88. The maximum atomic E-state index is 11.6. The number of amides is 1. The van der Waals surface area contributed by atoms with Crippen molar-refractivity contribution in [3.63, 3.8) is 0 Å². The summed E-state index contributed by atoms with van der Waals surface area (Å²) < 4.78 is 5.42. The normalized spacial score (nSPS) is 20.1. The quantitative estimate of drug-likeness (QED) is 0.604. The molecule has 0 spiro atoms. The second-order valence-electron chi connectivity index (χ2n) is 5.18. The minimum atomic E-state index is 0.153. The second kappa shape index (κ2) is 9.30. The third kappa shape index (κ3) is 7.63. The van der Waals surface area contributed by atoms with Crippen LogP contribution in [-0.4, -0.2) is 64.3 Å². The standard InChI is InChI=1S/C13H27N3O2/c1-16(2)7-9-18-8-6-15-13(17)10-12-4-3-5-14-11-12/h12,14H,3-11H2,1-2H3,(H,15,17). The van der Waals surface area contributed by atoms with Crippen LogP contribution in [0, 0.1) is 5.92 Å². The molecule has 5 heteroatoms. The third-order valence-electron chi connectivity index (χ3n) is 3.12. The van der Waals surface area contributed by atoms with Crippen LogP contribution >= 0.6 is 0 Å². The van der Waals surface area contributed by atoms with Crippen molar-refractivity contribution in [2.45, 2.75) is 19.3 Å². The molecule has 2 N–H and O–H groups in total. The molecule has 1 amide bonds. The van der Waals surface area contributed by atoms with Gasteiger partial charge in [0.2, 0.25) is 5.91 Å². The number of ether oxygens (including phenoxy) is 1. The van der Waals surface area contributed by atoms with Crippen molar-refractivity contribution in [3.8, 4) is 0 Å². The van der Waals surface area contributed by atoms with E-state index in [0.717, 1.165) is 26.2 Å². The fraction of sp³-hybridized carbons (Fsp3) is 0.923. The first-order chi connectivity index (χ1) is 8.68. The summed E-state index contributed by atoms with van der Waals surface area (Å²) in [6.45, 7) is 4.93. The minimum Gasteiger partial charge on any atom is -0.378 e. The molecule has 1 atom stereocenters. The molecule has 18 heavy (non-hydrogen) atoms. The summed E-state index contributed by atoms with van der Waals surface area (Å²) >= 11 is 0. The highest BCUT2D eigenvalue weighted by molar-refractivity contribution is 5.76. The number of nitrogens with one attached hydrogen (secondary N) is 2. The van der Waals surface area contributed by atoms with Crippen LogP contribution in [0.5, 0.6) is 0 Å². The van der Waals surface area contributed by atoms with E-state index in [2.05, 4.69) is 15.5 Å². The Morgan fingerprint density at radius 2 is 2.28 bits per heavy atom. The molecule has 1 heterocycles. The van der Waals surface area contributed by atoms with Crippen LogP contribution in [-0.2, 0) is 9.53 Å². The predicted molar refractivity (Wildman–Crippen MR) is 72.6 cm³/mol. The van der Waals surface area contributed by atoms with Crippen molar-refractivity contribution in [1.29, 1.82) is 0 Å². The second-order valence-corrected chi connectivity index (χ2v) is 5.18. The van der Waals surface area contributed by atoms with Gasteiger partial charge in [-0.3, -0.25) is 4.79 Å². The molecule has 0 aliphatic carbocycles. The fourth-order valence-electron chi connectivity index (χ4n) is 2.04. The number of nitrogens with zero attached hydrogens (tertiary/aromatic N) is 1. The van der Waals surface area contributed by atoms with Crippen molar-refractivity contribution >= 4 is 5.91 Å². The molecule has 1 aliphatic rings. The lowest BCUT2D eigenvalue weighted by Crippen LogP contribution is -2.35. The number of carbonyl (C=O) groups excluding carboxylic acids is 1. The van der Waals surface area contributed by atoms with E-state index in [0.29, 0.717) is 25.5 Å². The maximum Gasteiger partial charge on any atom is 0.220 e. The summed E-state index contributed by atoms with van der Waals surface area (Å²) in [6, 6.07) is 0. The molecule has 1 unspecified atom stereocenters. The van der Waals surface area contributed by atoms with Gasteiger partial charge in [-0.1, -0.05) is 0 Å². The van der Waals surface area contributed by atoms with Crippen LogP contribution in [0.3, 0.4) is 0 Å². The van der Waals surface area contributed by atoms with Gasteiger partial charge in [0.25, 0.3) is 0 Å². The molecule has 1 fully saturated rings. The first-order valence-corrected chi connectivity index (χ1v) is 6.88. The van der Waals surface area contributed by atoms with E-state index in [4.69, 9.17) is 4.74 Å². The molecule has 106 valence electrons. The zero-order chi connectivity index (χ0) is 13.2. The number of rotatable bonds is 8. The van der Waals surface area contributed by atoms with Gasteiger partial charge in [0.1, 0.15) is 0 Å². The summed E-state index contributed by atoms with van der Waals surface area (Å²) in [6.07, 6.45) is 3.00. The number of hydrogen-bond donors (Lipinski definition) is 2. The number of carbonyl (C=O) groups is 1. The van der Waals surface area contributed by atoms with Gasteiger partial charge in [-0.25, -0.2) is 0 Å². The summed E-state index contributed by atoms with van der Waals surface area (Å²) in [7, 11) is 4.03. The Morgan fingerprint density at radius 3 is 2.94 bits per heavy atom. The Morgan fingerprint density at radius 1 is 1.44 bits per heavy atom. The molecule has 1 aliphatic heterocycles. The van der Waals surface area contributed by atoms with Crippen molar-refractivity contribution in [2.24, 2.45) is 5.92 Å². The molecule has 5 nitrogen and oxygen atoms in total. The van der Waals surface area contributed by atoms with E-state index < -0.39 is 0 Å². The Labute approximate surface area is 110 Å². The maximum absolute atomic E-state index is 11.6. The van der Waals surface area contributed by atoms with E-state index in [1.165, 1.54) is 12.8 Å². The zero-order valence-electron chi connectivity index (χ0n) is 11.7. The highest BCUT2D eigenvalue weighted by Gasteiger charge is 2.16. The Hall–Kier alpha value is -0.650. The van der Waals surface area contributed by atoms with Crippen LogP contribution in [0.1, 0.15) is 19.3 Å². The zero-order valence-corrected chi connectivity index (χ0v) is 11.7. The van der Waals surface area contributed by atoms with E-state index in [9.17, 15) is 4.79 Å². The lowest BCUT2D eigenvalue weighted by Gasteiger charge is -2.22. The van der Waals surface area contributed by atoms with E-state index in [-0.39, 0.29) is 5.91 Å². The molecule has 0 bridgehead atoms. The fourth-order valence-corrected chi connectivity index (χ4v) is 2.04. The molecule has 0 aromatic heterocycles. The Kier molecular flexibility index (Phi) is 7.96. The lowest BCUT2D eigenvalue weighted by molar-refractivity contribution is -0.122. The van der Waals surface area contributed by atoms with Crippen LogP contribution in [0.15, 0.2) is 0 Å². The Bertz CT molecular complexity index is 228. The van der Waals surface area contributed by atoms with E-state index in [1.807, 2.05) is 14.1 Å². The van der Waals surface area contributed by atoms with Gasteiger partial charge >= 0.3 is 0 Å². The summed E-state index contributed by atoms with van der Waals surface area (Å²) in [5.41, 5.74) is 0. The first kappa shape index (κ1) is 15.4. The molecule has 0 aromatic carbocycles. The SMILES string of the molecule is CN(C)CCOCCNC(=O)CC1CCCNC1. The van der Waals surface area contributed by atoms with Crippen molar-refractivity contribution in [1.82, 2.24) is 15.5 Å². The van der Waals surface area contributed by atoms with E-state index in [1.54, 1.807) is 0 Å². The molecular weight excluding hydrogens is 230 g/mol. The van der Waals surface area contributed by atoms with Crippen LogP contribution in [0.4, 0.5) is 0 Å². The van der Waals surface area contributed by atoms with Gasteiger partial charge in [0.05, 0.1) is 13.2 Å². The molecule has 0 radical (unpaired) electrons. The van der Waals surface area contributed by atoms with Crippen LogP contribution in [0.2, 0.25) is 0 Å². The third-order valence-corrected chi connectivity index (χ3v) is 3.12. The summed E-state index contributed by atoms with van der Waals surface area (Å²) in [5, 5.41) is 6.24. The highest BCUT2D eigenvalue weighted by atomic mass is 16.5. The van der Waals surface area contributed by atoms with Gasteiger partial charge in [-0.05, 0) is 45.9 Å². The topological polar surface area (TPSA) is 53.6 Å². The van der Waals surface area contributed by atoms with Crippen molar-refractivity contribution in [3.05, 3.63) is 0 Å². The average molecular weight is 257 g/mol. The van der Waals surface area contributed by atoms with Crippen LogP contribution < -0.4 is 10.6 Å². The van der Waals surface area contributed by atoms with Crippen molar-refractivity contribution < 1.29 is 9.53 Å². The van der Waals surface area contributed by atoms with Gasteiger partial charge in [0.15, 0.2) is 0 Å². The lowest BCUT2D eigenvalue weighted by atomic mass is 9.96. The molecule has 0 saturated carbocycles. The predicted octanol–water partition coefficient (Wildman–Crippen LogP) is 0.0705. The smallest absolute Gasteiger partial charge is 0.220 e. The Balaban J connectivity index is 1.93. The van der Waals surface area contributed by atoms with Gasteiger partial charge in [-0.15, -0.1) is 0 Å². The van der Waals surface area contributed by atoms with Crippen LogP contribution in [0.25, 0.3) is 0 Å².